The van der Waals surface area contributed by atoms with Crippen LogP contribution in [0.2, 0.25) is 0 Å². The van der Waals surface area contributed by atoms with Crippen LogP contribution in [0.1, 0.15) is 23.6 Å². The summed E-state index contributed by atoms with van der Waals surface area (Å²) in [6.45, 7) is 11.8. The van der Waals surface area contributed by atoms with Gasteiger partial charge < -0.3 is 28.7 Å². The van der Waals surface area contributed by atoms with Gasteiger partial charge >= 0.3 is 11.9 Å². The van der Waals surface area contributed by atoms with E-state index in [2.05, 4.69) is 200 Å². The van der Waals surface area contributed by atoms with Gasteiger partial charge in [-0.25, -0.2) is 9.59 Å². The second-order valence-corrected chi connectivity index (χ2v) is 18.9. The second kappa shape index (κ2) is 27.2. The van der Waals surface area contributed by atoms with E-state index < -0.39 is 11.9 Å². The first-order valence-electron chi connectivity index (χ1n) is 26.5. The molecule has 0 atom stereocenters. The van der Waals surface area contributed by atoms with E-state index in [4.69, 9.17) is 18.9 Å². The molecule has 10 aromatic carbocycles. The maximum Gasteiger partial charge on any atom is 0.338 e. The van der Waals surface area contributed by atoms with Gasteiger partial charge in [-0.3, -0.25) is 0 Å². The van der Waals surface area contributed by atoms with Crippen molar-refractivity contribution in [2.45, 2.75) is 26.7 Å². The zero-order valence-electron chi connectivity index (χ0n) is 45.0. The van der Waals surface area contributed by atoms with Crippen LogP contribution >= 0.6 is 0 Å². The van der Waals surface area contributed by atoms with Gasteiger partial charge in [0.1, 0.15) is 23.0 Å². The first-order valence-corrected chi connectivity index (χ1v) is 26.5. The fraction of sp³-hybridized carbons (Fsp3) is 0.0833. The zero-order valence-corrected chi connectivity index (χ0v) is 45.0. The molecule has 8 heteroatoms. The maximum atomic E-state index is 11.7. The largest absolute Gasteiger partial charge is 0.493 e. The van der Waals surface area contributed by atoms with Gasteiger partial charge in [-0.15, -0.1) is 0 Å². The number of nitrogens with zero attached hydrogens (tertiary/aromatic N) is 2. The number of hydrogen-bond acceptors (Lipinski definition) is 8. The van der Waals surface area contributed by atoms with Crippen LogP contribution in [-0.4, -0.2) is 25.2 Å². The number of esters is 2. The van der Waals surface area contributed by atoms with Gasteiger partial charge in [-0.05, 0) is 169 Å². The molecule has 0 spiro atoms. The summed E-state index contributed by atoms with van der Waals surface area (Å²) in [5, 5.41) is 0. The quantitative estimate of drug-likeness (QED) is 0.0424. The van der Waals surface area contributed by atoms with Crippen molar-refractivity contribution in [2.75, 3.05) is 23.0 Å². The van der Waals surface area contributed by atoms with E-state index in [9.17, 15) is 9.59 Å². The lowest BCUT2D eigenvalue weighted by molar-refractivity contribution is -0.130. The molecule has 0 N–H and O–H groups in total. The van der Waals surface area contributed by atoms with E-state index >= 15 is 0 Å². The normalized spacial score (nSPS) is 10.5. The van der Waals surface area contributed by atoms with E-state index in [1.807, 2.05) is 66.7 Å². The average molecular weight is 1050 g/mol. The Bertz CT molecular complexity index is 3570. The highest BCUT2D eigenvalue weighted by molar-refractivity contribution is 5.89. The van der Waals surface area contributed by atoms with Crippen LogP contribution < -0.4 is 28.7 Å². The number of para-hydroxylation sites is 2. The van der Waals surface area contributed by atoms with Crippen LogP contribution in [0, 0.1) is 6.92 Å². The lowest BCUT2D eigenvalue weighted by Gasteiger charge is -2.26. The third kappa shape index (κ3) is 15.1. The molecule has 80 heavy (non-hydrogen) atoms. The Balaban J connectivity index is 0.000000194. The Morgan fingerprint density at radius 2 is 0.700 bits per heavy atom. The summed E-state index contributed by atoms with van der Waals surface area (Å²) in [5.41, 5.74) is 15.0. The number of ether oxygens (including phenoxy) is 4. The van der Waals surface area contributed by atoms with E-state index in [1.54, 1.807) is 31.2 Å². The minimum Gasteiger partial charge on any atom is -0.493 e. The molecule has 0 saturated heterocycles. The number of hydrogen-bond donors (Lipinski definition) is 0. The van der Waals surface area contributed by atoms with Gasteiger partial charge in [0, 0.05) is 58.6 Å². The number of anilines is 6. The van der Waals surface area contributed by atoms with Gasteiger partial charge in [-0.1, -0.05) is 158 Å². The number of carbonyl (C=O) groups excluding carboxylic acids is 2. The minimum atomic E-state index is -0.468. The molecule has 0 fully saturated rings. The molecule has 10 aromatic rings. The number of aryl methyl sites for hydroxylation is 1. The molecule has 8 nitrogen and oxygen atoms in total. The molecule has 0 bridgehead atoms. The summed E-state index contributed by atoms with van der Waals surface area (Å²) in [6, 6.07) is 88.2. The molecular formula is C72H62N2O6. The Morgan fingerprint density at radius 1 is 0.388 bits per heavy atom. The summed E-state index contributed by atoms with van der Waals surface area (Å²) in [7, 11) is 0. The molecule has 0 aliphatic rings. The third-order valence-corrected chi connectivity index (χ3v) is 13.1. The Kier molecular flexibility index (Phi) is 18.6. The van der Waals surface area contributed by atoms with Crippen molar-refractivity contribution in [3.63, 3.8) is 0 Å². The first kappa shape index (κ1) is 54.6. The molecule has 0 saturated carbocycles. The van der Waals surface area contributed by atoms with Crippen molar-refractivity contribution in [3.05, 3.63) is 302 Å². The van der Waals surface area contributed by atoms with Crippen LogP contribution in [0.3, 0.4) is 0 Å². The van der Waals surface area contributed by atoms with Crippen LogP contribution in [0.5, 0.6) is 23.0 Å². The standard InChI is InChI=1S/2C36H31NO3/c1-27(2)36(38)40-35-21-13-28(14-22-35)25-26-39-34-23-19-33(20-24-34)37(31-11-7-4-8-12-31)32-17-15-30(16-18-32)29-9-5-3-6-10-29;1-3-36(38)40-35-21-11-28(12-22-35)25-26-39-34-23-19-33(20-24-34)37(31-7-5-4-6-8-31)32-17-15-30(16-18-32)29-13-9-27(2)10-14-29/h2*3-24H,1,25-26H2,2H3. The van der Waals surface area contributed by atoms with Crippen molar-refractivity contribution in [1.29, 1.82) is 0 Å². The molecule has 0 unspecified atom stereocenters. The predicted octanol–water partition coefficient (Wildman–Crippen LogP) is 17.8. The highest BCUT2D eigenvalue weighted by Crippen LogP contribution is 2.38. The minimum absolute atomic E-state index is 0.372. The fourth-order valence-corrected chi connectivity index (χ4v) is 8.79. The third-order valence-electron chi connectivity index (χ3n) is 13.1. The van der Waals surface area contributed by atoms with E-state index in [-0.39, 0.29) is 0 Å². The van der Waals surface area contributed by atoms with Crippen molar-refractivity contribution in [2.24, 2.45) is 0 Å². The molecule has 0 aliphatic heterocycles. The smallest absolute Gasteiger partial charge is 0.338 e. The van der Waals surface area contributed by atoms with Crippen LogP contribution in [-0.2, 0) is 22.4 Å². The van der Waals surface area contributed by atoms with Crippen molar-refractivity contribution < 1.29 is 28.5 Å². The Labute approximate surface area is 469 Å². The lowest BCUT2D eigenvalue weighted by Crippen LogP contribution is -2.10. The average Bonchev–Trinajstić information content (AvgIpc) is 3.53. The summed E-state index contributed by atoms with van der Waals surface area (Å²) >= 11 is 0. The Morgan fingerprint density at radius 3 is 1.07 bits per heavy atom. The Hall–Kier alpha value is -10.2. The number of carbonyl (C=O) groups is 2. The molecule has 0 heterocycles. The summed E-state index contributed by atoms with van der Waals surface area (Å²) < 4.78 is 22.4. The highest BCUT2D eigenvalue weighted by Gasteiger charge is 2.15. The lowest BCUT2D eigenvalue weighted by atomic mass is 10.0. The number of rotatable bonds is 20. The highest BCUT2D eigenvalue weighted by atomic mass is 16.5. The van der Waals surface area contributed by atoms with E-state index in [0.29, 0.717) is 30.3 Å². The van der Waals surface area contributed by atoms with Crippen LogP contribution in [0.15, 0.2) is 286 Å². The molecule has 0 aliphatic carbocycles. The maximum absolute atomic E-state index is 11.7. The topological polar surface area (TPSA) is 77.5 Å². The molecule has 0 amide bonds. The fourth-order valence-electron chi connectivity index (χ4n) is 8.79. The predicted molar refractivity (Wildman–Crippen MR) is 325 cm³/mol. The number of benzene rings is 10. The van der Waals surface area contributed by atoms with Gasteiger partial charge in [0.15, 0.2) is 0 Å². The van der Waals surface area contributed by atoms with Crippen LogP contribution in [0.4, 0.5) is 34.1 Å². The molecule has 0 radical (unpaired) electrons. The van der Waals surface area contributed by atoms with Crippen molar-refractivity contribution in [1.82, 2.24) is 0 Å². The summed E-state index contributed by atoms with van der Waals surface area (Å²) in [5.74, 6) is 1.73. The van der Waals surface area contributed by atoms with Gasteiger partial charge in [-0.2, -0.15) is 0 Å². The molecule has 10 rings (SSSR count). The van der Waals surface area contributed by atoms with Gasteiger partial charge in [0.25, 0.3) is 0 Å². The van der Waals surface area contributed by atoms with Gasteiger partial charge in [0.2, 0.25) is 0 Å². The second-order valence-electron chi connectivity index (χ2n) is 18.9. The zero-order chi connectivity index (χ0) is 55.5. The molecule has 0 aromatic heterocycles. The molecule has 396 valence electrons. The van der Waals surface area contributed by atoms with E-state index in [0.717, 1.165) is 75.7 Å². The van der Waals surface area contributed by atoms with Crippen molar-refractivity contribution in [3.8, 4) is 45.3 Å². The summed E-state index contributed by atoms with van der Waals surface area (Å²) in [6.07, 6.45) is 2.62. The summed E-state index contributed by atoms with van der Waals surface area (Å²) in [4.78, 5) is 27.5. The first-order chi connectivity index (χ1) is 39.1. The van der Waals surface area contributed by atoms with Gasteiger partial charge in [0.05, 0.1) is 13.2 Å². The van der Waals surface area contributed by atoms with Crippen LogP contribution in [0.25, 0.3) is 22.3 Å². The molecular weight excluding hydrogens is 989 g/mol. The monoisotopic (exact) mass is 1050 g/mol. The van der Waals surface area contributed by atoms with E-state index in [1.165, 1.54) is 27.8 Å². The SMILES string of the molecule is C=C(C)C(=O)Oc1ccc(CCOc2ccc(N(c3ccccc3)c3ccc(-c4ccccc4)cc3)cc2)cc1.C=CC(=O)Oc1ccc(CCOc2ccc(N(c3ccccc3)c3ccc(-c4ccc(C)cc4)cc3)cc2)cc1. The van der Waals surface area contributed by atoms with Crippen molar-refractivity contribution >= 4 is 46.1 Å².